The molecule has 5 nitrogen and oxygen atoms in total. The first-order valence-electron chi connectivity index (χ1n) is 5.98. The third-order valence-electron chi connectivity index (χ3n) is 2.71. The maximum atomic E-state index is 12.6. The van der Waals surface area contributed by atoms with Gasteiger partial charge in [-0.05, 0) is 18.2 Å². The summed E-state index contributed by atoms with van der Waals surface area (Å²) in [6.45, 7) is 0. The summed E-state index contributed by atoms with van der Waals surface area (Å²) < 4.78 is 48.1. The van der Waals surface area contributed by atoms with Crippen LogP contribution in [0.2, 0.25) is 0 Å². The highest BCUT2D eigenvalue weighted by Crippen LogP contribution is 2.34. The van der Waals surface area contributed by atoms with Gasteiger partial charge >= 0.3 is 6.18 Å². The number of halogens is 3. The summed E-state index contributed by atoms with van der Waals surface area (Å²) >= 11 is 0. The molecule has 0 spiro atoms. The molecule has 0 saturated heterocycles. The van der Waals surface area contributed by atoms with Gasteiger partial charge in [0.2, 0.25) is 0 Å². The predicted molar refractivity (Wildman–Crippen MR) is 71.2 cm³/mol. The first kappa shape index (κ1) is 15.6. The molecule has 2 rings (SSSR count). The van der Waals surface area contributed by atoms with Crippen LogP contribution in [0.1, 0.15) is 5.56 Å². The quantitative estimate of drug-likeness (QED) is 0.619. The molecule has 0 bridgehead atoms. The predicted octanol–water partition coefficient (Wildman–Crippen LogP) is 4.41. The van der Waals surface area contributed by atoms with Gasteiger partial charge in [-0.15, -0.1) is 0 Å². The number of non-ortho nitro benzene ring substituents is 1. The molecule has 116 valence electrons. The minimum absolute atomic E-state index is 0.00498. The molecule has 2 aromatic rings. The minimum atomic E-state index is -4.50. The number of ether oxygens (including phenoxy) is 2. The molecular weight excluding hydrogens is 303 g/mol. The second kappa shape index (κ2) is 5.92. The second-order valence-corrected chi connectivity index (χ2v) is 4.25. The fourth-order valence-corrected chi connectivity index (χ4v) is 1.71. The summed E-state index contributed by atoms with van der Waals surface area (Å²) in [6, 6.07) is 7.84. The van der Waals surface area contributed by atoms with Gasteiger partial charge < -0.3 is 9.47 Å². The number of nitro groups is 1. The molecule has 0 N–H and O–H groups in total. The molecule has 0 amide bonds. The summed E-state index contributed by atoms with van der Waals surface area (Å²) in [7, 11) is 1.31. The maximum Gasteiger partial charge on any atom is 0.416 e. The van der Waals surface area contributed by atoms with Crippen LogP contribution >= 0.6 is 0 Å². The van der Waals surface area contributed by atoms with Crippen molar-refractivity contribution in [3.05, 3.63) is 58.1 Å². The average Bonchev–Trinajstić information content (AvgIpc) is 2.46. The van der Waals surface area contributed by atoms with Crippen molar-refractivity contribution >= 4 is 5.69 Å². The monoisotopic (exact) mass is 313 g/mol. The van der Waals surface area contributed by atoms with Gasteiger partial charge in [-0.1, -0.05) is 6.07 Å². The summed E-state index contributed by atoms with van der Waals surface area (Å²) in [5.41, 5.74) is -1.16. The lowest BCUT2D eigenvalue weighted by Crippen LogP contribution is -2.04. The second-order valence-electron chi connectivity index (χ2n) is 4.25. The number of methoxy groups -OCH3 is 1. The van der Waals surface area contributed by atoms with Crippen molar-refractivity contribution in [3.8, 4) is 17.2 Å². The molecule has 0 radical (unpaired) electrons. The number of alkyl halides is 3. The zero-order valence-corrected chi connectivity index (χ0v) is 11.3. The van der Waals surface area contributed by atoms with E-state index in [2.05, 4.69) is 0 Å². The number of nitro benzene ring substituents is 1. The topological polar surface area (TPSA) is 61.6 Å². The van der Waals surface area contributed by atoms with Crippen LogP contribution < -0.4 is 9.47 Å². The summed E-state index contributed by atoms with van der Waals surface area (Å²) in [6.07, 6.45) is -4.50. The van der Waals surface area contributed by atoms with Crippen LogP contribution in [0, 0.1) is 10.1 Å². The Kier molecular flexibility index (Phi) is 4.20. The number of hydrogen-bond acceptors (Lipinski definition) is 4. The van der Waals surface area contributed by atoms with Gasteiger partial charge in [0.25, 0.3) is 5.69 Å². The number of nitrogens with zero attached hydrogens (tertiary/aromatic N) is 1. The molecule has 0 saturated carbocycles. The van der Waals surface area contributed by atoms with Crippen molar-refractivity contribution in [1.82, 2.24) is 0 Å². The Morgan fingerprint density at radius 1 is 1.05 bits per heavy atom. The van der Waals surface area contributed by atoms with Gasteiger partial charge in [-0.2, -0.15) is 13.2 Å². The standard InChI is InChI=1S/C14H10F3NO4/c1-21-12-6-10(18(19)20)7-13(8-12)22-11-4-2-3-9(5-11)14(15,16)17/h2-8H,1H3. The van der Waals surface area contributed by atoms with Crippen LogP contribution in [0.5, 0.6) is 17.2 Å². The SMILES string of the molecule is COc1cc(Oc2cccc(C(F)(F)F)c2)cc([N+](=O)[O-])c1. The van der Waals surface area contributed by atoms with E-state index in [0.717, 1.165) is 18.2 Å². The van der Waals surface area contributed by atoms with Gasteiger partial charge in [0.1, 0.15) is 17.2 Å². The molecule has 2 aromatic carbocycles. The van der Waals surface area contributed by atoms with Gasteiger partial charge in [0.05, 0.1) is 29.7 Å². The van der Waals surface area contributed by atoms with Crippen LogP contribution in [-0.2, 0) is 6.18 Å². The van der Waals surface area contributed by atoms with Crippen LogP contribution in [0.15, 0.2) is 42.5 Å². The Labute approximate surface area is 123 Å². The van der Waals surface area contributed by atoms with E-state index in [1.807, 2.05) is 0 Å². The number of benzene rings is 2. The highest BCUT2D eigenvalue weighted by Gasteiger charge is 2.30. The number of rotatable bonds is 4. The van der Waals surface area contributed by atoms with E-state index in [9.17, 15) is 23.3 Å². The molecule has 0 aliphatic heterocycles. The highest BCUT2D eigenvalue weighted by atomic mass is 19.4. The van der Waals surface area contributed by atoms with Crippen LogP contribution in [0.3, 0.4) is 0 Å². The molecule has 8 heteroatoms. The minimum Gasteiger partial charge on any atom is -0.496 e. The largest absolute Gasteiger partial charge is 0.496 e. The molecule has 0 aromatic heterocycles. The normalized spacial score (nSPS) is 11.1. The Morgan fingerprint density at radius 2 is 1.73 bits per heavy atom. The van der Waals surface area contributed by atoms with Crippen molar-refractivity contribution in [2.45, 2.75) is 6.18 Å². The number of hydrogen-bond donors (Lipinski definition) is 0. The zero-order chi connectivity index (χ0) is 16.3. The molecule has 0 unspecified atom stereocenters. The van der Waals surface area contributed by atoms with Crippen LogP contribution in [0.4, 0.5) is 18.9 Å². The third kappa shape index (κ3) is 3.66. The van der Waals surface area contributed by atoms with E-state index in [4.69, 9.17) is 9.47 Å². The van der Waals surface area contributed by atoms with Crippen LogP contribution in [-0.4, -0.2) is 12.0 Å². The molecule has 0 aliphatic rings. The first-order valence-corrected chi connectivity index (χ1v) is 5.98. The molecule has 0 fully saturated rings. The smallest absolute Gasteiger partial charge is 0.416 e. The maximum absolute atomic E-state index is 12.6. The lowest BCUT2D eigenvalue weighted by Gasteiger charge is -2.10. The van der Waals surface area contributed by atoms with E-state index < -0.39 is 16.7 Å². The van der Waals surface area contributed by atoms with E-state index in [-0.39, 0.29) is 22.9 Å². The fourth-order valence-electron chi connectivity index (χ4n) is 1.71. The van der Waals surface area contributed by atoms with Gasteiger partial charge in [0.15, 0.2) is 0 Å². The summed E-state index contributed by atoms with van der Waals surface area (Å²) in [4.78, 5) is 10.2. The molecule has 0 heterocycles. The van der Waals surface area contributed by atoms with E-state index >= 15 is 0 Å². The lowest BCUT2D eigenvalue weighted by molar-refractivity contribution is -0.385. The van der Waals surface area contributed by atoms with Crippen LogP contribution in [0.25, 0.3) is 0 Å². The van der Waals surface area contributed by atoms with Crippen molar-refractivity contribution < 1.29 is 27.6 Å². The average molecular weight is 313 g/mol. The van der Waals surface area contributed by atoms with Crippen molar-refractivity contribution in [3.63, 3.8) is 0 Å². The van der Waals surface area contributed by atoms with E-state index in [0.29, 0.717) is 0 Å². The van der Waals surface area contributed by atoms with Crippen molar-refractivity contribution in [2.75, 3.05) is 7.11 Å². The van der Waals surface area contributed by atoms with E-state index in [1.165, 1.54) is 31.4 Å². The lowest BCUT2D eigenvalue weighted by atomic mass is 10.2. The molecule has 0 aliphatic carbocycles. The fraction of sp³-hybridized carbons (Fsp3) is 0.143. The highest BCUT2D eigenvalue weighted by molar-refractivity contribution is 5.47. The summed E-state index contributed by atoms with van der Waals surface area (Å²) in [5, 5.41) is 10.8. The van der Waals surface area contributed by atoms with Gasteiger partial charge in [0, 0.05) is 6.07 Å². The Bertz CT molecular complexity index is 701. The Morgan fingerprint density at radius 3 is 2.32 bits per heavy atom. The van der Waals surface area contributed by atoms with Crippen molar-refractivity contribution in [1.29, 1.82) is 0 Å². The molecule has 0 atom stereocenters. The molecule has 22 heavy (non-hydrogen) atoms. The van der Waals surface area contributed by atoms with Crippen molar-refractivity contribution in [2.24, 2.45) is 0 Å². The van der Waals surface area contributed by atoms with Gasteiger partial charge in [-0.25, -0.2) is 0 Å². The Hall–Kier alpha value is -2.77. The zero-order valence-electron chi connectivity index (χ0n) is 11.3. The third-order valence-corrected chi connectivity index (χ3v) is 2.71. The summed E-state index contributed by atoms with van der Waals surface area (Å²) in [5.74, 6) is 0.0823. The molecular formula is C14H10F3NO4. The van der Waals surface area contributed by atoms with E-state index in [1.54, 1.807) is 0 Å². The Balaban J connectivity index is 2.34. The van der Waals surface area contributed by atoms with Gasteiger partial charge in [-0.3, -0.25) is 10.1 Å². The first-order chi connectivity index (χ1) is 10.3.